The van der Waals surface area contributed by atoms with Gasteiger partial charge in [0.1, 0.15) is 18.5 Å². The number of ether oxygens (including phenoxy) is 2. The van der Waals surface area contributed by atoms with E-state index in [1.807, 2.05) is 53.4 Å². The van der Waals surface area contributed by atoms with E-state index in [1.54, 1.807) is 6.20 Å². The van der Waals surface area contributed by atoms with E-state index in [0.717, 1.165) is 5.69 Å². The van der Waals surface area contributed by atoms with Gasteiger partial charge in [-0.15, -0.1) is 0 Å². The van der Waals surface area contributed by atoms with E-state index in [-0.39, 0.29) is 18.8 Å². The molecule has 0 aliphatic carbocycles. The van der Waals surface area contributed by atoms with Crippen molar-refractivity contribution in [3.63, 3.8) is 0 Å². The van der Waals surface area contributed by atoms with E-state index in [0.29, 0.717) is 25.1 Å². The van der Waals surface area contributed by atoms with Crippen LogP contribution in [0.1, 0.15) is 22.5 Å². The van der Waals surface area contributed by atoms with Gasteiger partial charge >= 0.3 is 0 Å². The Morgan fingerprint density at radius 1 is 1.17 bits per heavy atom. The third kappa shape index (κ3) is 2.42. The molecule has 2 aromatic rings. The zero-order valence-electron chi connectivity index (χ0n) is 12.7. The minimum absolute atomic E-state index is 0.0377. The highest BCUT2D eigenvalue weighted by Gasteiger charge is 2.52. The van der Waals surface area contributed by atoms with Crippen LogP contribution in [-0.4, -0.2) is 41.8 Å². The third-order valence-electron chi connectivity index (χ3n) is 4.65. The second kappa shape index (κ2) is 5.76. The first kappa shape index (κ1) is 14.4. The van der Waals surface area contributed by atoms with Crippen LogP contribution in [0.15, 0.2) is 54.7 Å². The van der Waals surface area contributed by atoms with Gasteiger partial charge in [-0.05, 0) is 24.3 Å². The number of aromatic nitrogens is 1. The molecule has 2 aliphatic rings. The number of piperidine rings is 1. The summed E-state index contributed by atoms with van der Waals surface area (Å²) in [5.74, 6) is 0.0377. The normalized spacial score (nSPS) is 26.8. The molecule has 5 heteroatoms. The van der Waals surface area contributed by atoms with Crippen LogP contribution in [0.25, 0.3) is 0 Å². The first-order valence-electron chi connectivity index (χ1n) is 7.81. The Balaban J connectivity index is 1.57. The van der Waals surface area contributed by atoms with Crippen molar-refractivity contribution in [2.75, 3.05) is 19.9 Å². The number of fused-ring (bicyclic) bond motifs is 1. The third-order valence-corrected chi connectivity index (χ3v) is 4.65. The van der Waals surface area contributed by atoms with Crippen LogP contribution in [0.5, 0.6) is 0 Å². The molecule has 0 N–H and O–H groups in total. The number of hydrogen-bond donors (Lipinski definition) is 0. The highest BCUT2D eigenvalue weighted by molar-refractivity contribution is 5.94. The van der Waals surface area contributed by atoms with E-state index >= 15 is 0 Å². The van der Waals surface area contributed by atoms with Crippen LogP contribution in [0.2, 0.25) is 0 Å². The summed E-state index contributed by atoms with van der Waals surface area (Å²) in [7, 11) is 0. The lowest BCUT2D eigenvalue weighted by atomic mass is 9.85. The van der Waals surface area contributed by atoms with Gasteiger partial charge in [-0.25, -0.2) is 0 Å². The average Bonchev–Trinajstić information content (AvgIpc) is 3.07. The van der Waals surface area contributed by atoms with Gasteiger partial charge in [0.25, 0.3) is 5.91 Å². The van der Waals surface area contributed by atoms with Gasteiger partial charge in [-0.1, -0.05) is 24.3 Å². The summed E-state index contributed by atoms with van der Waals surface area (Å²) in [5.41, 5.74) is 1.06. The van der Waals surface area contributed by atoms with Crippen molar-refractivity contribution < 1.29 is 14.3 Å². The molecule has 118 valence electrons. The Labute approximate surface area is 134 Å². The Bertz CT molecular complexity index is 692. The molecular weight excluding hydrogens is 292 g/mol. The van der Waals surface area contributed by atoms with E-state index in [2.05, 4.69) is 4.98 Å². The van der Waals surface area contributed by atoms with Crippen molar-refractivity contribution in [3.8, 4) is 0 Å². The number of carbonyl (C=O) groups excluding carboxylic acids is 1. The maximum Gasteiger partial charge on any atom is 0.253 e. The fraction of sp³-hybridized carbons (Fsp3) is 0.333. The summed E-state index contributed by atoms with van der Waals surface area (Å²) in [6.07, 6.45) is 2.27. The lowest BCUT2D eigenvalue weighted by Crippen LogP contribution is -2.53. The number of carbonyl (C=O) groups is 1. The van der Waals surface area contributed by atoms with Crippen molar-refractivity contribution >= 4 is 5.91 Å². The van der Waals surface area contributed by atoms with Gasteiger partial charge < -0.3 is 14.4 Å². The second-order valence-corrected chi connectivity index (χ2v) is 5.89. The maximum absolute atomic E-state index is 12.6. The molecule has 1 amide bonds. The highest BCUT2D eigenvalue weighted by atomic mass is 16.7. The fourth-order valence-corrected chi connectivity index (χ4v) is 3.40. The summed E-state index contributed by atoms with van der Waals surface area (Å²) < 4.78 is 11.7. The van der Waals surface area contributed by atoms with Gasteiger partial charge in [-0.3, -0.25) is 9.78 Å². The minimum Gasteiger partial charge on any atom is -0.347 e. The topological polar surface area (TPSA) is 51.7 Å². The highest BCUT2D eigenvalue weighted by Crippen LogP contribution is 2.41. The van der Waals surface area contributed by atoms with Crippen LogP contribution in [-0.2, 0) is 15.1 Å². The van der Waals surface area contributed by atoms with Crippen LogP contribution < -0.4 is 0 Å². The van der Waals surface area contributed by atoms with Crippen LogP contribution >= 0.6 is 0 Å². The van der Waals surface area contributed by atoms with Crippen molar-refractivity contribution in [1.29, 1.82) is 0 Å². The summed E-state index contributed by atoms with van der Waals surface area (Å²) in [6, 6.07) is 15.2. The summed E-state index contributed by atoms with van der Waals surface area (Å²) in [5, 5.41) is 0. The van der Waals surface area contributed by atoms with Crippen molar-refractivity contribution in [2.45, 2.75) is 18.1 Å². The Hall–Kier alpha value is -2.24. The molecule has 4 rings (SSSR count). The van der Waals surface area contributed by atoms with Crippen LogP contribution in [0.4, 0.5) is 0 Å². The zero-order chi connectivity index (χ0) is 15.7. The zero-order valence-corrected chi connectivity index (χ0v) is 12.7. The van der Waals surface area contributed by atoms with Crippen LogP contribution in [0, 0.1) is 0 Å². The molecule has 0 radical (unpaired) electrons. The molecule has 2 aliphatic heterocycles. The van der Waals surface area contributed by atoms with Gasteiger partial charge in [0.15, 0.2) is 0 Å². The number of pyridine rings is 1. The average molecular weight is 310 g/mol. The largest absolute Gasteiger partial charge is 0.347 e. The van der Waals surface area contributed by atoms with Gasteiger partial charge in [0.2, 0.25) is 0 Å². The summed E-state index contributed by atoms with van der Waals surface area (Å²) in [4.78, 5) is 18.9. The van der Waals surface area contributed by atoms with Gasteiger partial charge in [0, 0.05) is 24.7 Å². The van der Waals surface area contributed by atoms with E-state index in [9.17, 15) is 4.79 Å². The number of rotatable bonds is 2. The molecule has 2 unspecified atom stereocenters. The molecule has 0 bridgehead atoms. The van der Waals surface area contributed by atoms with Crippen LogP contribution in [0.3, 0.4) is 0 Å². The predicted octanol–water partition coefficient (Wildman–Crippen LogP) is 2.20. The first-order valence-corrected chi connectivity index (χ1v) is 7.81. The molecule has 3 heterocycles. The molecular formula is C18H18N2O3. The molecule has 23 heavy (non-hydrogen) atoms. The monoisotopic (exact) mass is 310 g/mol. The Morgan fingerprint density at radius 3 is 2.78 bits per heavy atom. The van der Waals surface area contributed by atoms with E-state index < -0.39 is 5.60 Å². The summed E-state index contributed by atoms with van der Waals surface area (Å²) in [6.45, 7) is 1.39. The lowest BCUT2D eigenvalue weighted by Gasteiger charge is -2.41. The molecule has 0 spiro atoms. The Kier molecular flexibility index (Phi) is 3.59. The Morgan fingerprint density at radius 2 is 2.00 bits per heavy atom. The first-order chi connectivity index (χ1) is 11.3. The van der Waals surface area contributed by atoms with Gasteiger partial charge in [-0.2, -0.15) is 0 Å². The smallest absolute Gasteiger partial charge is 0.253 e. The number of benzene rings is 1. The molecule has 2 atom stereocenters. The predicted molar refractivity (Wildman–Crippen MR) is 83.7 cm³/mol. The molecule has 2 saturated heterocycles. The second-order valence-electron chi connectivity index (χ2n) is 5.89. The SMILES string of the molecule is O=C(c1ccccc1)N1CCC2(c3ccccn3)OCOC2C1. The number of likely N-dealkylation sites (tertiary alicyclic amines) is 1. The van der Waals surface area contributed by atoms with E-state index in [4.69, 9.17) is 9.47 Å². The quantitative estimate of drug-likeness (QED) is 0.853. The molecule has 0 saturated carbocycles. The fourth-order valence-electron chi connectivity index (χ4n) is 3.40. The molecule has 2 fully saturated rings. The van der Waals surface area contributed by atoms with Gasteiger partial charge in [0.05, 0.1) is 12.2 Å². The van der Waals surface area contributed by atoms with E-state index in [1.165, 1.54) is 0 Å². The molecule has 1 aromatic heterocycles. The van der Waals surface area contributed by atoms with Crippen molar-refractivity contribution in [1.82, 2.24) is 9.88 Å². The summed E-state index contributed by atoms with van der Waals surface area (Å²) >= 11 is 0. The minimum atomic E-state index is -0.533. The standard InChI is InChI=1S/C18H18N2O3/c21-17(14-6-2-1-3-7-14)20-11-9-18(15-8-4-5-10-19-15)16(12-20)22-13-23-18/h1-8,10,16H,9,11-13H2. The van der Waals surface area contributed by atoms with Crippen molar-refractivity contribution in [3.05, 3.63) is 66.0 Å². The molecule has 5 nitrogen and oxygen atoms in total. The number of nitrogens with zero attached hydrogens (tertiary/aromatic N) is 2. The maximum atomic E-state index is 12.6. The number of amides is 1. The molecule has 1 aromatic carbocycles. The van der Waals surface area contributed by atoms with Crippen molar-refractivity contribution in [2.24, 2.45) is 0 Å². The number of hydrogen-bond acceptors (Lipinski definition) is 4. The lowest BCUT2D eigenvalue weighted by molar-refractivity contribution is -0.0470.